The van der Waals surface area contributed by atoms with Crippen molar-refractivity contribution in [2.24, 2.45) is 11.8 Å². The Balaban J connectivity index is 1.89. The summed E-state index contributed by atoms with van der Waals surface area (Å²) in [6, 6.07) is 4.21. The van der Waals surface area contributed by atoms with Crippen molar-refractivity contribution in [2.75, 3.05) is 0 Å². The first-order chi connectivity index (χ1) is 7.77. The number of carboxylic acids is 1. The number of aryl methyl sites for hydroxylation is 1. The van der Waals surface area contributed by atoms with Crippen LogP contribution < -0.4 is 0 Å². The zero-order valence-corrected chi connectivity index (χ0v) is 10.2. The zero-order valence-electron chi connectivity index (χ0n) is 9.39. The molecule has 1 aromatic rings. The van der Waals surface area contributed by atoms with Gasteiger partial charge in [-0.2, -0.15) is 0 Å². The molecule has 2 unspecified atom stereocenters. The first-order valence-electron chi connectivity index (χ1n) is 6.02. The first-order valence-corrected chi connectivity index (χ1v) is 6.90. The smallest absolute Gasteiger partial charge is 0.306 e. The van der Waals surface area contributed by atoms with E-state index in [2.05, 4.69) is 17.5 Å². The van der Waals surface area contributed by atoms with Crippen molar-refractivity contribution in [1.29, 1.82) is 0 Å². The highest BCUT2D eigenvalue weighted by molar-refractivity contribution is 7.09. The van der Waals surface area contributed by atoms with Crippen LogP contribution in [0.1, 0.15) is 37.0 Å². The predicted molar refractivity (Wildman–Crippen MR) is 65.7 cm³/mol. The molecular formula is C13H18O2S. The van der Waals surface area contributed by atoms with Gasteiger partial charge in [-0.3, -0.25) is 4.79 Å². The lowest BCUT2D eigenvalue weighted by molar-refractivity contribution is -0.145. The van der Waals surface area contributed by atoms with Gasteiger partial charge < -0.3 is 5.11 Å². The maximum atomic E-state index is 11.1. The molecule has 1 heterocycles. The number of rotatable bonds is 4. The van der Waals surface area contributed by atoms with Gasteiger partial charge in [0.25, 0.3) is 0 Å². The van der Waals surface area contributed by atoms with Crippen LogP contribution in [0, 0.1) is 11.8 Å². The van der Waals surface area contributed by atoms with Crippen molar-refractivity contribution < 1.29 is 9.90 Å². The summed E-state index contributed by atoms with van der Waals surface area (Å²) >= 11 is 1.77. The Bertz CT molecular complexity index is 332. The summed E-state index contributed by atoms with van der Waals surface area (Å²) in [5, 5.41) is 11.3. The maximum absolute atomic E-state index is 11.1. The van der Waals surface area contributed by atoms with E-state index in [-0.39, 0.29) is 5.92 Å². The van der Waals surface area contributed by atoms with Gasteiger partial charge >= 0.3 is 5.97 Å². The first kappa shape index (κ1) is 11.6. The molecule has 0 aromatic carbocycles. The highest BCUT2D eigenvalue weighted by atomic mass is 32.1. The molecule has 1 aliphatic carbocycles. The molecule has 0 radical (unpaired) electrons. The Morgan fingerprint density at radius 2 is 2.25 bits per heavy atom. The number of hydrogen-bond donors (Lipinski definition) is 1. The fraction of sp³-hybridized carbons (Fsp3) is 0.615. The lowest BCUT2D eigenvalue weighted by Crippen LogP contribution is -2.27. The lowest BCUT2D eigenvalue weighted by atomic mass is 9.77. The van der Waals surface area contributed by atoms with E-state index in [1.165, 1.54) is 11.3 Å². The standard InChI is InChI=1S/C13H18O2S/c14-13(15)12-6-2-1-4-10(12)7-8-11-5-3-9-16-11/h3,5,9-10,12H,1-2,4,6-8H2,(H,14,15). The van der Waals surface area contributed by atoms with Gasteiger partial charge in [-0.05, 0) is 43.0 Å². The van der Waals surface area contributed by atoms with E-state index < -0.39 is 5.97 Å². The van der Waals surface area contributed by atoms with Gasteiger partial charge in [0.2, 0.25) is 0 Å². The summed E-state index contributed by atoms with van der Waals surface area (Å²) in [6.07, 6.45) is 6.36. The van der Waals surface area contributed by atoms with E-state index in [1.807, 2.05) is 0 Å². The Kier molecular flexibility index (Phi) is 3.99. The monoisotopic (exact) mass is 238 g/mol. The fourth-order valence-corrected chi connectivity index (χ4v) is 3.39. The van der Waals surface area contributed by atoms with Crippen LogP contribution in [-0.2, 0) is 11.2 Å². The second kappa shape index (κ2) is 5.48. The maximum Gasteiger partial charge on any atom is 0.306 e. The summed E-state index contributed by atoms with van der Waals surface area (Å²) in [6.45, 7) is 0. The minimum atomic E-state index is -0.587. The average Bonchev–Trinajstić information content (AvgIpc) is 2.79. The van der Waals surface area contributed by atoms with Crippen LogP contribution in [0.15, 0.2) is 17.5 Å². The normalized spacial score (nSPS) is 25.5. The third-order valence-electron chi connectivity index (χ3n) is 3.57. The molecule has 0 saturated heterocycles. The highest BCUT2D eigenvalue weighted by Crippen LogP contribution is 2.33. The van der Waals surface area contributed by atoms with Crippen molar-refractivity contribution in [3.63, 3.8) is 0 Å². The van der Waals surface area contributed by atoms with Gasteiger partial charge in [0.1, 0.15) is 0 Å². The molecule has 2 atom stereocenters. The topological polar surface area (TPSA) is 37.3 Å². The summed E-state index contributed by atoms with van der Waals surface area (Å²) in [5.74, 6) is -0.280. The van der Waals surface area contributed by atoms with E-state index >= 15 is 0 Å². The van der Waals surface area contributed by atoms with E-state index in [0.717, 1.165) is 32.1 Å². The number of carbonyl (C=O) groups is 1. The largest absolute Gasteiger partial charge is 0.481 e. The molecule has 16 heavy (non-hydrogen) atoms. The van der Waals surface area contributed by atoms with Crippen molar-refractivity contribution in [3.05, 3.63) is 22.4 Å². The van der Waals surface area contributed by atoms with E-state index in [1.54, 1.807) is 11.3 Å². The van der Waals surface area contributed by atoms with Crippen LogP contribution in [0.5, 0.6) is 0 Å². The molecule has 0 amide bonds. The van der Waals surface area contributed by atoms with Crippen molar-refractivity contribution in [3.8, 4) is 0 Å². The Labute approximate surface area is 100 Å². The fourth-order valence-electron chi connectivity index (χ4n) is 2.66. The van der Waals surface area contributed by atoms with Crippen LogP contribution >= 0.6 is 11.3 Å². The van der Waals surface area contributed by atoms with Crippen molar-refractivity contribution >= 4 is 17.3 Å². The van der Waals surface area contributed by atoms with Crippen LogP contribution in [0.4, 0.5) is 0 Å². The summed E-state index contributed by atoms with van der Waals surface area (Å²) in [7, 11) is 0. The SMILES string of the molecule is O=C(O)C1CCCCC1CCc1cccs1. The molecule has 1 aliphatic rings. The summed E-state index contributed by atoms with van der Waals surface area (Å²) in [4.78, 5) is 12.5. The highest BCUT2D eigenvalue weighted by Gasteiger charge is 2.30. The molecule has 1 aromatic heterocycles. The summed E-state index contributed by atoms with van der Waals surface area (Å²) in [5.41, 5.74) is 0. The zero-order chi connectivity index (χ0) is 11.4. The number of carboxylic acid groups (broad SMARTS) is 1. The number of hydrogen-bond acceptors (Lipinski definition) is 2. The molecule has 2 nitrogen and oxygen atoms in total. The number of thiophene rings is 1. The van der Waals surface area contributed by atoms with Crippen LogP contribution in [0.3, 0.4) is 0 Å². The molecule has 1 N–H and O–H groups in total. The Morgan fingerprint density at radius 1 is 1.44 bits per heavy atom. The van der Waals surface area contributed by atoms with E-state index in [9.17, 15) is 4.79 Å². The van der Waals surface area contributed by atoms with E-state index in [4.69, 9.17) is 5.11 Å². The van der Waals surface area contributed by atoms with Crippen molar-refractivity contribution in [2.45, 2.75) is 38.5 Å². The third-order valence-corrected chi connectivity index (χ3v) is 4.50. The molecule has 0 bridgehead atoms. The van der Waals surface area contributed by atoms with Crippen LogP contribution in [-0.4, -0.2) is 11.1 Å². The molecule has 0 aliphatic heterocycles. The molecule has 1 fully saturated rings. The predicted octanol–water partition coefficient (Wildman–Crippen LogP) is 3.57. The quantitative estimate of drug-likeness (QED) is 0.870. The summed E-state index contributed by atoms with van der Waals surface area (Å²) < 4.78 is 0. The molecule has 0 spiro atoms. The lowest BCUT2D eigenvalue weighted by Gasteiger charge is -2.28. The van der Waals surface area contributed by atoms with Gasteiger partial charge in [0.15, 0.2) is 0 Å². The molecule has 2 rings (SSSR count). The Morgan fingerprint density at radius 3 is 2.94 bits per heavy atom. The van der Waals surface area contributed by atoms with Crippen LogP contribution in [0.2, 0.25) is 0 Å². The molecule has 88 valence electrons. The van der Waals surface area contributed by atoms with Crippen LogP contribution in [0.25, 0.3) is 0 Å². The second-order valence-electron chi connectivity index (χ2n) is 4.61. The van der Waals surface area contributed by atoms with E-state index in [0.29, 0.717) is 5.92 Å². The van der Waals surface area contributed by atoms with Gasteiger partial charge in [-0.15, -0.1) is 11.3 Å². The van der Waals surface area contributed by atoms with Gasteiger partial charge in [-0.25, -0.2) is 0 Å². The minimum absolute atomic E-state index is 0.0892. The van der Waals surface area contributed by atoms with Gasteiger partial charge in [-0.1, -0.05) is 18.9 Å². The second-order valence-corrected chi connectivity index (χ2v) is 5.64. The van der Waals surface area contributed by atoms with Gasteiger partial charge in [0.05, 0.1) is 5.92 Å². The molecule has 1 saturated carbocycles. The Hall–Kier alpha value is -0.830. The van der Waals surface area contributed by atoms with Crippen molar-refractivity contribution in [1.82, 2.24) is 0 Å². The molecular weight excluding hydrogens is 220 g/mol. The average molecular weight is 238 g/mol. The van der Waals surface area contributed by atoms with Gasteiger partial charge in [0, 0.05) is 4.88 Å². The third kappa shape index (κ3) is 2.85. The number of aliphatic carboxylic acids is 1. The molecule has 3 heteroatoms. The minimum Gasteiger partial charge on any atom is -0.481 e.